The van der Waals surface area contributed by atoms with Crippen LogP contribution in [0, 0.1) is 5.92 Å². The number of rotatable bonds is 2. The molecule has 0 aromatic rings. The summed E-state index contributed by atoms with van der Waals surface area (Å²) in [6.45, 7) is 10.1. The topological polar surface area (TPSA) is 60.2 Å². The first-order valence-electron chi connectivity index (χ1n) is 6.59. The zero-order valence-corrected chi connectivity index (χ0v) is 13.0. The Morgan fingerprint density at radius 3 is 1.76 bits per heavy atom. The van der Waals surface area contributed by atoms with Gasteiger partial charge >= 0.3 is 0 Å². The fraction of sp³-hybridized carbons (Fsp3) is 0.846. The van der Waals surface area contributed by atoms with Crippen molar-refractivity contribution in [3.8, 4) is 0 Å². The lowest BCUT2D eigenvalue weighted by molar-refractivity contribution is -0.136. The summed E-state index contributed by atoms with van der Waals surface area (Å²) in [4.78, 5) is 22.3. The Kier molecular flexibility index (Phi) is 10.9. The minimum Gasteiger partial charge on any atom is -0.319 e. The van der Waals surface area contributed by atoms with Gasteiger partial charge in [0.2, 0.25) is 11.3 Å². The average molecular weight is 261 g/mol. The normalized spacial score (nSPS) is 26.9. The molecule has 0 amide bonds. The first kappa shape index (κ1) is 19.1. The van der Waals surface area contributed by atoms with E-state index >= 15 is 0 Å². The van der Waals surface area contributed by atoms with E-state index in [2.05, 4.69) is 6.92 Å². The quantitative estimate of drug-likeness (QED) is 0.614. The van der Waals surface area contributed by atoms with Crippen LogP contribution in [0.4, 0.5) is 0 Å². The molecule has 2 N–H and O–H groups in total. The van der Waals surface area contributed by atoms with E-state index < -0.39 is 16.8 Å². The number of carbonyl (C=O) groups excluding carboxylic acids is 2. The molecular weight excluding hydrogens is 233 g/mol. The number of hydrogen-bond donors (Lipinski definition) is 1. The maximum atomic E-state index is 11.4. The minimum absolute atomic E-state index is 0.426. The third kappa shape index (κ3) is 6.28. The molecule has 0 heterocycles. The second kappa shape index (κ2) is 9.73. The summed E-state index contributed by atoms with van der Waals surface area (Å²) in [5, 5.41) is 0. The van der Waals surface area contributed by atoms with Crippen LogP contribution in [0.2, 0.25) is 0 Å². The van der Waals surface area contributed by atoms with Crippen LogP contribution in [0.5, 0.6) is 0 Å². The molecule has 1 saturated carbocycles. The molecule has 1 rings (SSSR count). The van der Waals surface area contributed by atoms with Gasteiger partial charge in [0.05, 0.1) is 5.54 Å². The third-order valence-electron chi connectivity index (χ3n) is 2.84. The van der Waals surface area contributed by atoms with E-state index in [1.165, 1.54) is 0 Å². The smallest absolute Gasteiger partial charge is 0.221 e. The lowest BCUT2D eigenvalue weighted by Crippen LogP contribution is -2.52. The Morgan fingerprint density at radius 1 is 1.12 bits per heavy atom. The van der Waals surface area contributed by atoms with Gasteiger partial charge in [0, 0.05) is 0 Å². The number of ketones is 1. The second-order valence-electron chi connectivity index (χ2n) is 4.03. The molecule has 3 nitrogen and oxygen atoms in total. The number of nitrogens with two attached hydrogens (primary N) is 1. The lowest BCUT2D eigenvalue weighted by atomic mass is 9.75. The van der Waals surface area contributed by atoms with Gasteiger partial charge in [-0.2, -0.15) is 0 Å². The fourth-order valence-corrected chi connectivity index (χ4v) is 2.04. The summed E-state index contributed by atoms with van der Waals surface area (Å²) in [5.74, 6) is 0.202. The summed E-state index contributed by atoms with van der Waals surface area (Å²) in [6.07, 6.45) is 3.18. The molecule has 1 aliphatic carbocycles. The molecule has 1 atom stereocenters. The van der Waals surface area contributed by atoms with Crippen molar-refractivity contribution >= 4 is 20.5 Å². The predicted molar refractivity (Wildman–Crippen MR) is 77.0 cm³/mol. The molecule has 102 valence electrons. The Morgan fingerprint density at radius 2 is 1.47 bits per heavy atom. The van der Waals surface area contributed by atoms with Crippen molar-refractivity contribution in [3.05, 3.63) is 0 Å². The molecule has 1 unspecified atom stereocenters. The van der Waals surface area contributed by atoms with Crippen LogP contribution in [-0.4, -0.2) is 16.8 Å². The third-order valence-corrected chi connectivity index (χ3v) is 3.10. The summed E-state index contributed by atoms with van der Waals surface area (Å²) in [5.41, 5.74) is 4.52. The van der Waals surface area contributed by atoms with Crippen LogP contribution in [-0.2, 0) is 9.59 Å². The molecular formula is C13H28NO2P. The van der Waals surface area contributed by atoms with Crippen LogP contribution < -0.4 is 5.73 Å². The minimum atomic E-state index is -0.870. The molecule has 17 heavy (non-hydrogen) atoms. The molecule has 0 saturated heterocycles. The fourth-order valence-electron chi connectivity index (χ4n) is 1.75. The van der Waals surface area contributed by atoms with E-state index in [9.17, 15) is 9.59 Å². The van der Waals surface area contributed by atoms with Crippen molar-refractivity contribution in [2.75, 3.05) is 0 Å². The van der Waals surface area contributed by atoms with E-state index in [-0.39, 0.29) is 0 Å². The molecule has 0 aliphatic heterocycles. The molecule has 0 aromatic carbocycles. The summed E-state index contributed by atoms with van der Waals surface area (Å²) < 4.78 is 0. The van der Waals surface area contributed by atoms with Crippen LogP contribution >= 0.6 is 9.24 Å². The molecule has 0 spiro atoms. The highest BCUT2D eigenvalue weighted by atomic mass is 31.0. The standard InChI is InChI=1S/C9H16NO2P.2C2H6/c1-6-2-4-9(10,5-3-6)7(11)8(12)13;2*1-2/h6H,2-5,10,13H2,1H3;2*1-2H3. The van der Waals surface area contributed by atoms with Crippen LogP contribution in [0.1, 0.15) is 60.3 Å². The summed E-state index contributed by atoms with van der Waals surface area (Å²) in [7, 11) is 1.90. The predicted octanol–water partition coefficient (Wildman–Crippen LogP) is 2.92. The van der Waals surface area contributed by atoms with Gasteiger partial charge in [-0.3, -0.25) is 9.59 Å². The van der Waals surface area contributed by atoms with E-state index in [1.54, 1.807) is 0 Å². The Balaban J connectivity index is 0. The first-order chi connectivity index (χ1) is 7.96. The highest BCUT2D eigenvalue weighted by Crippen LogP contribution is 2.31. The van der Waals surface area contributed by atoms with E-state index in [1.807, 2.05) is 36.9 Å². The van der Waals surface area contributed by atoms with E-state index in [4.69, 9.17) is 5.73 Å². The summed E-state index contributed by atoms with van der Waals surface area (Å²) in [6, 6.07) is 0. The van der Waals surface area contributed by atoms with Crippen molar-refractivity contribution in [3.63, 3.8) is 0 Å². The van der Waals surface area contributed by atoms with E-state index in [0.29, 0.717) is 18.8 Å². The molecule has 0 aromatic heterocycles. The van der Waals surface area contributed by atoms with Crippen molar-refractivity contribution in [1.29, 1.82) is 0 Å². The maximum absolute atomic E-state index is 11.4. The average Bonchev–Trinajstić information content (AvgIpc) is 2.37. The van der Waals surface area contributed by atoms with Gasteiger partial charge in [-0.25, -0.2) is 0 Å². The van der Waals surface area contributed by atoms with Crippen molar-refractivity contribution in [2.45, 2.75) is 65.8 Å². The number of Topliss-reactive ketones (excluding diaryl/α,β-unsaturated/α-hetero) is 1. The van der Waals surface area contributed by atoms with Gasteiger partial charge in [0.25, 0.3) is 0 Å². The van der Waals surface area contributed by atoms with Gasteiger partial charge in [-0.15, -0.1) is 0 Å². The van der Waals surface area contributed by atoms with Gasteiger partial charge in [0.15, 0.2) is 0 Å². The largest absolute Gasteiger partial charge is 0.319 e. The zero-order valence-electron chi connectivity index (χ0n) is 11.9. The molecule has 0 radical (unpaired) electrons. The highest BCUT2D eigenvalue weighted by Gasteiger charge is 2.38. The SMILES string of the molecule is CC.CC.CC1CCC(N)(C(=O)C(=O)P)CC1. The van der Waals surface area contributed by atoms with Crippen molar-refractivity contribution in [2.24, 2.45) is 11.7 Å². The molecule has 1 aliphatic rings. The van der Waals surface area contributed by atoms with Crippen LogP contribution in [0.15, 0.2) is 0 Å². The van der Waals surface area contributed by atoms with Crippen LogP contribution in [0.25, 0.3) is 0 Å². The number of carbonyl (C=O) groups is 2. The monoisotopic (exact) mass is 261 g/mol. The first-order valence-corrected chi connectivity index (χ1v) is 7.16. The van der Waals surface area contributed by atoms with Gasteiger partial charge in [0.1, 0.15) is 0 Å². The van der Waals surface area contributed by atoms with Crippen molar-refractivity contribution < 1.29 is 9.59 Å². The van der Waals surface area contributed by atoms with Crippen LogP contribution in [0.3, 0.4) is 0 Å². The van der Waals surface area contributed by atoms with Gasteiger partial charge < -0.3 is 5.73 Å². The van der Waals surface area contributed by atoms with E-state index in [0.717, 1.165) is 12.8 Å². The highest BCUT2D eigenvalue weighted by molar-refractivity contribution is 7.45. The maximum Gasteiger partial charge on any atom is 0.221 e. The Labute approximate surface area is 108 Å². The Bertz CT molecular complexity index is 234. The molecule has 1 fully saturated rings. The number of hydrogen-bond acceptors (Lipinski definition) is 3. The zero-order chi connectivity index (χ0) is 14.1. The summed E-state index contributed by atoms with van der Waals surface area (Å²) >= 11 is 0. The lowest BCUT2D eigenvalue weighted by Gasteiger charge is -2.33. The Hall–Kier alpha value is -0.270. The molecule has 0 bridgehead atoms. The van der Waals surface area contributed by atoms with Gasteiger partial charge in [-0.1, -0.05) is 43.9 Å². The molecule has 4 heteroatoms. The van der Waals surface area contributed by atoms with Gasteiger partial charge in [-0.05, 0) is 31.6 Å². The van der Waals surface area contributed by atoms with Crippen molar-refractivity contribution in [1.82, 2.24) is 0 Å². The second-order valence-corrected chi connectivity index (χ2v) is 4.56.